The highest BCUT2D eigenvalue weighted by Crippen LogP contribution is 2.17. The van der Waals surface area contributed by atoms with Gasteiger partial charge in [0.05, 0.1) is 5.69 Å². The first-order chi connectivity index (χ1) is 8.00. The van der Waals surface area contributed by atoms with Crippen molar-refractivity contribution in [2.45, 2.75) is 0 Å². The van der Waals surface area contributed by atoms with Crippen LogP contribution < -0.4 is 11.2 Å². The molecule has 0 radical (unpaired) electrons. The van der Waals surface area contributed by atoms with E-state index in [0.29, 0.717) is 9.59 Å². The van der Waals surface area contributed by atoms with Crippen LogP contribution >= 0.6 is 11.6 Å². The van der Waals surface area contributed by atoms with Gasteiger partial charge in [0.1, 0.15) is 0 Å². The summed E-state index contributed by atoms with van der Waals surface area (Å²) in [5.74, 6) is -2.46. The van der Waals surface area contributed by atoms with Gasteiger partial charge in [-0.15, -0.1) is 0 Å². The predicted molar refractivity (Wildman–Crippen MR) is 59.3 cm³/mol. The van der Waals surface area contributed by atoms with Crippen LogP contribution in [0.5, 0.6) is 5.88 Å². The van der Waals surface area contributed by atoms with Crippen LogP contribution in [-0.4, -0.2) is 14.7 Å². The van der Waals surface area contributed by atoms with Crippen LogP contribution in [-0.2, 0) is 0 Å². The standard InChI is InChI=1S/C10H6ClFN2O3/c11-5-1-3-6(4-2-5)14-9(16)7(12)8(15)13-10(14)17/h1-4,16H,(H,13,15,17). The fourth-order valence-corrected chi connectivity index (χ4v) is 1.46. The highest BCUT2D eigenvalue weighted by atomic mass is 35.5. The van der Waals surface area contributed by atoms with Crippen molar-refractivity contribution >= 4 is 11.6 Å². The minimum atomic E-state index is -1.42. The van der Waals surface area contributed by atoms with Crippen LogP contribution in [0.4, 0.5) is 4.39 Å². The van der Waals surface area contributed by atoms with Crippen molar-refractivity contribution in [1.82, 2.24) is 9.55 Å². The summed E-state index contributed by atoms with van der Waals surface area (Å²) in [5, 5.41) is 9.84. The van der Waals surface area contributed by atoms with Crippen molar-refractivity contribution in [3.8, 4) is 11.6 Å². The molecule has 2 N–H and O–H groups in total. The molecule has 0 unspecified atom stereocenters. The zero-order valence-corrected chi connectivity index (χ0v) is 9.03. The maximum absolute atomic E-state index is 13.2. The maximum Gasteiger partial charge on any atom is 0.335 e. The molecule has 0 fully saturated rings. The molecule has 0 aliphatic carbocycles. The average Bonchev–Trinajstić information content (AvgIpc) is 2.29. The number of hydrogen-bond donors (Lipinski definition) is 2. The van der Waals surface area contributed by atoms with E-state index in [-0.39, 0.29) is 5.69 Å². The smallest absolute Gasteiger partial charge is 0.335 e. The van der Waals surface area contributed by atoms with Crippen molar-refractivity contribution in [3.63, 3.8) is 0 Å². The number of aromatic nitrogens is 2. The Labute approximate surface area is 98.7 Å². The Hall–Kier alpha value is -2.08. The van der Waals surface area contributed by atoms with Gasteiger partial charge < -0.3 is 5.11 Å². The van der Waals surface area contributed by atoms with Crippen LogP contribution in [0.1, 0.15) is 0 Å². The van der Waals surface area contributed by atoms with Crippen LogP contribution in [0.3, 0.4) is 0 Å². The highest BCUT2D eigenvalue weighted by Gasteiger charge is 2.14. The predicted octanol–water partition coefficient (Wildman–Crippen LogP) is 1.02. The summed E-state index contributed by atoms with van der Waals surface area (Å²) in [7, 11) is 0. The molecule has 0 saturated heterocycles. The Balaban J connectivity index is 2.76. The lowest BCUT2D eigenvalue weighted by molar-refractivity contribution is 0.386. The second-order valence-electron chi connectivity index (χ2n) is 3.21. The van der Waals surface area contributed by atoms with E-state index in [9.17, 15) is 19.1 Å². The Morgan fingerprint density at radius 2 is 1.82 bits per heavy atom. The lowest BCUT2D eigenvalue weighted by Gasteiger charge is -2.07. The number of nitrogens with zero attached hydrogens (tertiary/aromatic N) is 1. The Morgan fingerprint density at radius 3 is 2.41 bits per heavy atom. The third-order valence-corrected chi connectivity index (χ3v) is 2.37. The summed E-state index contributed by atoms with van der Waals surface area (Å²) >= 11 is 5.65. The molecule has 17 heavy (non-hydrogen) atoms. The second-order valence-corrected chi connectivity index (χ2v) is 3.65. The average molecular weight is 257 g/mol. The first-order valence-electron chi connectivity index (χ1n) is 4.50. The molecular formula is C10H6ClFN2O3. The molecule has 0 aliphatic rings. The fraction of sp³-hybridized carbons (Fsp3) is 0. The molecule has 7 heteroatoms. The quantitative estimate of drug-likeness (QED) is 0.800. The Morgan fingerprint density at radius 1 is 1.24 bits per heavy atom. The van der Waals surface area contributed by atoms with Gasteiger partial charge in [-0.3, -0.25) is 9.78 Å². The summed E-state index contributed by atoms with van der Waals surface area (Å²) < 4.78 is 13.8. The minimum absolute atomic E-state index is 0.187. The number of H-pyrrole nitrogens is 1. The van der Waals surface area contributed by atoms with Crippen molar-refractivity contribution in [1.29, 1.82) is 0 Å². The molecule has 5 nitrogen and oxygen atoms in total. The molecule has 0 amide bonds. The molecule has 2 rings (SSSR count). The molecule has 1 aromatic carbocycles. The van der Waals surface area contributed by atoms with Crippen LogP contribution in [0.2, 0.25) is 5.02 Å². The van der Waals surface area contributed by atoms with Gasteiger partial charge in [0.15, 0.2) is 0 Å². The zero-order chi connectivity index (χ0) is 12.6. The van der Waals surface area contributed by atoms with E-state index in [2.05, 4.69) is 0 Å². The zero-order valence-electron chi connectivity index (χ0n) is 8.28. The van der Waals surface area contributed by atoms with Crippen molar-refractivity contribution in [3.05, 3.63) is 55.9 Å². The Bertz CT molecular complexity index is 675. The minimum Gasteiger partial charge on any atom is -0.492 e. The lowest BCUT2D eigenvalue weighted by atomic mass is 10.3. The normalized spacial score (nSPS) is 10.5. The van der Waals surface area contributed by atoms with E-state index < -0.39 is 22.9 Å². The van der Waals surface area contributed by atoms with Crippen molar-refractivity contribution < 1.29 is 9.50 Å². The third kappa shape index (κ3) is 1.94. The number of benzene rings is 1. The molecule has 2 aromatic rings. The largest absolute Gasteiger partial charge is 0.492 e. The van der Waals surface area contributed by atoms with E-state index >= 15 is 0 Å². The molecule has 88 valence electrons. The topological polar surface area (TPSA) is 75.1 Å². The van der Waals surface area contributed by atoms with Gasteiger partial charge >= 0.3 is 5.69 Å². The molecule has 0 spiro atoms. The van der Waals surface area contributed by atoms with Gasteiger partial charge in [-0.25, -0.2) is 9.36 Å². The molecule has 0 bridgehead atoms. The second kappa shape index (κ2) is 4.06. The summed E-state index contributed by atoms with van der Waals surface area (Å²) in [6.07, 6.45) is 0. The van der Waals surface area contributed by atoms with E-state index in [0.717, 1.165) is 0 Å². The summed E-state index contributed by atoms with van der Waals surface area (Å²) in [5.41, 5.74) is -2.01. The Kier molecular flexibility index (Phi) is 2.72. The maximum atomic E-state index is 13.2. The number of aromatic amines is 1. The number of nitrogens with one attached hydrogen (secondary N) is 1. The molecule has 0 atom stereocenters. The monoisotopic (exact) mass is 256 g/mol. The van der Waals surface area contributed by atoms with Gasteiger partial charge in [-0.05, 0) is 24.3 Å². The summed E-state index contributed by atoms with van der Waals surface area (Å²) in [6.45, 7) is 0. The molecule has 0 aliphatic heterocycles. The summed E-state index contributed by atoms with van der Waals surface area (Å²) in [4.78, 5) is 24.1. The summed E-state index contributed by atoms with van der Waals surface area (Å²) in [6, 6.07) is 5.74. The van der Waals surface area contributed by atoms with Gasteiger partial charge in [-0.1, -0.05) is 11.6 Å². The lowest BCUT2D eigenvalue weighted by Crippen LogP contribution is -2.30. The van der Waals surface area contributed by atoms with E-state index in [1.807, 2.05) is 0 Å². The van der Waals surface area contributed by atoms with E-state index in [1.54, 1.807) is 4.98 Å². The molecule has 0 saturated carbocycles. The number of hydrogen-bond acceptors (Lipinski definition) is 3. The van der Waals surface area contributed by atoms with Crippen LogP contribution in [0.25, 0.3) is 5.69 Å². The van der Waals surface area contributed by atoms with Gasteiger partial charge in [0, 0.05) is 5.02 Å². The van der Waals surface area contributed by atoms with Gasteiger partial charge in [0.2, 0.25) is 11.7 Å². The molecular weight excluding hydrogens is 251 g/mol. The third-order valence-electron chi connectivity index (χ3n) is 2.12. The van der Waals surface area contributed by atoms with Gasteiger partial charge in [0.25, 0.3) is 5.56 Å². The fourth-order valence-electron chi connectivity index (χ4n) is 1.33. The van der Waals surface area contributed by atoms with Crippen LogP contribution in [0, 0.1) is 5.82 Å². The first-order valence-corrected chi connectivity index (χ1v) is 4.88. The molecule has 1 heterocycles. The number of halogens is 2. The molecule has 1 aromatic heterocycles. The number of rotatable bonds is 1. The number of aromatic hydroxyl groups is 1. The van der Waals surface area contributed by atoms with Crippen LogP contribution in [0.15, 0.2) is 33.9 Å². The van der Waals surface area contributed by atoms with Crippen molar-refractivity contribution in [2.24, 2.45) is 0 Å². The first kappa shape index (κ1) is 11.4. The van der Waals surface area contributed by atoms with Gasteiger partial charge in [-0.2, -0.15) is 4.39 Å². The van der Waals surface area contributed by atoms with E-state index in [4.69, 9.17) is 11.6 Å². The van der Waals surface area contributed by atoms with E-state index in [1.165, 1.54) is 24.3 Å². The van der Waals surface area contributed by atoms with Crippen molar-refractivity contribution in [2.75, 3.05) is 0 Å². The SMILES string of the molecule is O=c1[nH]c(=O)n(-c2ccc(Cl)cc2)c(O)c1F. The highest BCUT2D eigenvalue weighted by molar-refractivity contribution is 6.30.